The first-order chi connectivity index (χ1) is 7.68. The molecule has 0 saturated carbocycles. The van der Waals surface area contributed by atoms with Crippen LogP contribution in [-0.2, 0) is 19.9 Å². The molecular formula is C8H11ClN2O4S2. The van der Waals surface area contributed by atoms with Gasteiger partial charge in [0.2, 0.25) is 10.0 Å². The minimum Gasteiger partial charge on any atom is -0.267 e. The SMILES string of the molecule is CS(=O)(=O)CCS(=O)(=O)Nc1cccc(Cl)n1. The Labute approximate surface area is 105 Å². The number of rotatable bonds is 5. The van der Waals surface area contributed by atoms with E-state index in [1.807, 2.05) is 0 Å². The zero-order valence-electron chi connectivity index (χ0n) is 8.92. The maximum atomic E-state index is 11.5. The van der Waals surface area contributed by atoms with Gasteiger partial charge in [-0.25, -0.2) is 21.8 Å². The fourth-order valence-corrected chi connectivity index (χ4v) is 3.72. The van der Waals surface area contributed by atoms with Crippen molar-refractivity contribution in [3.05, 3.63) is 23.4 Å². The van der Waals surface area contributed by atoms with Crippen molar-refractivity contribution < 1.29 is 16.8 Å². The highest BCUT2D eigenvalue weighted by Crippen LogP contribution is 2.10. The van der Waals surface area contributed by atoms with E-state index in [0.717, 1.165) is 6.26 Å². The Kier molecular flexibility index (Phi) is 4.34. The summed E-state index contributed by atoms with van der Waals surface area (Å²) in [4.78, 5) is 3.73. The molecular weight excluding hydrogens is 288 g/mol. The monoisotopic (exact) mass is 298 g/mol. The van der Waals surface area contributed by atoms with Gasteiger partial charge in [-0.15, -0.1) is 0 Å². The fraction of sp³-hybridized carbons (Fsp3) is 0.375. The van der Waals surface area contributed by atoms with Gasteiger partial charge in [0, 0.05) is 6.26 Å². The third-order valence-corrected chi connectivity index (χ3v) is 4.37. The third kappa shape index (κ3) is 5.85. The second kappa shape index (κ2) is 5.19. The molecule has 1 aromatic heterocycles. The van der Waals surface area contributed by atoms with Crippen molar-refractivity contribution in [2.24, 2.45) is 0 Å². The Morgan fingerprint density at radius 2 is 1.88 bits per heavy atom. The van der Waals surface area contributed by atoms with E-state index in [1.165, 1.54) is 18.2 Å². The number of anilines is 1. The summed E-state index contributed by atoms with van der Waals surface area (Å²) in [6.07, 6.45) is 0.972. The molecule has 1 rings (SSSR count). The minimum atomic E-state index is -3.73. The van der Waals surface area contributed by atoms with Crippen LogP contribution in [0.1, 0.15) is 0 Å². The lowest BCUT2D eigenvalue weighted by Gasteiger charge is -2.06. The summed E-state index contributed by atoms with van der Waals surface area (Å²) in [5.41, 5.74) is 0. The Morgan fingerprint density at radius 3 is 2.41 bits per heavy atom. The zero-order chi connectivity index (χ0) is 13.1. The number of sulfonamides is 1. The Bertz CT molecular complexity index is 598. The summed E-state index contributed by atoms with van der Waals surface area (Å²) >= 11 is 5.58. The smallest absolute Gasteiger partial charge is 0.234 e. The van der Waals surface area contributed by atoms with Gasteiger partial charge in [0.05, 0.1) is 11.5 Å². The van der Waals surface area contributed by atoms with E-state index in [9.17, 15) is 16.8 Å². The standard InChI is InChI=1S/C8H11ClN2O4S2/c1-16(12,13)5-6-17(14,15)11-8-4-2-3-7(9)10-8/h2-4H,5-6H2,1H3,(H,10,11). The number of halogens is 1. The van der Waals surface area contributed by atoms with Crippen molar-refractivity contribution in [2.45, 2.75) is 0 Å². The number of aromatic nitrogens is 1. The van der Waals surface area contributed by atoms with E-state index in [2.05, 4.69) is 9.71 Å². The van der Waals surface area contributed by atoms with Gasteiger partial charge >= 0.3 is 0 Å². The fourth-order valence-electron chi connectivity index (χ4n) is 0.937. The molecule has 0 aliphatic rings. The van der Waals surface area contributed by atoms with Gasteiger partial charge < -0.3 is 0 Å². The summed E-state index contributed by atoms with van der Waals surface area (Å²) in [5.74, 6) is -0.894. The van der Waals surface area contributed by atoms with Gasteiger partial charge in [-0.2, -0.15) is 0 Å². The molecule has 96 valence electrons. The van der Waals surface area contributed by atoms with Gasteiger partial charge in [-0.3, -0.25) is 4.72 Å². The molecule has 0 amide bonds. The highest BCUT2D eigenvalue weighted by molar-refractivity contribution is 7.95. The molecule has 17 heavy (non-hydrogen) atoms. The molecule has 1 aromatic rings. The molecule has 0 aliphatic heterocycles. The van der Waals surface area contributed by atoms with Crippen LogP contribution in [0.25, 0.3) is 0 Å². The molecule has 1 heterocycles. The van der Waals surface area contributed by atoms with Gasteiger partial charge in [0.15, 0.2) is 0 Å². The summed E-state index contributed by atoms with van der Waals surface area (Å²) in [6, 6.07) is 4.45. The van der Waals surface area contributed by atoms with Crippen LogP contribution in [-0.4, -0.2) is 39.6 Å². The number of nitrogens with one attached hydrogen (secondary N) is 1. The lowest BCUT2D eigenvalue weighted by atomic mass is 10.5. The van der Waals surface area contributed by atoms with Crippen molar-refractivity contribution in [1.29, 1.82) is 0 Å². The second-order valence-electron chi connectivity index (χ2n) is 3.40. The molecule has 0 radical (unpaired) electrons. The second-order valence-corrected chi connectivity index (χ2v) is 7.89. The molecule has 0 atom stereocenters. The van der Waals surface area contributed by atoms with Crippen molar-refractivity contribution >= 4 is 37.3 Å². The lowest BCUT2D eigenvalue weighted by molar-refractivity contribution is 0.593. The molecule has 0 fully saturated rings. The average Bonchev–Trinajstić information content (AvgIpc) is 2.13. The quantitative estimate of drug-likeness (QED) is 0.800. The van der Waals surface area contributed by atoms with Gasteiger partial charge in [-0.05, 0) is 12.1 Å². The van der Waals surface area contributed by atoms with E-state index < -0.39 is 31.4 Å². The average molecular weight is 299 g/mol. The van der Waals surface area contributed by atoms with E-state index in [1.54, 1.807) is 0 Å². The van der Waals surface area contributed by atoms with Gasteiger partial charge in [0.1, 0.15) is 20.8 Å². The highest BCUT2D eigenvalue weighted by Gasteiger charge is 2.15. The molecule has 0 unspecified atom stereocenters. The van der Waals surface area contributed by atoms with Crippen LogP contribution in [0, 0.1) is 0 Å². The molecule has 6 nitrogen and oxygen atoms in total. The van der Waals surface area contributed by atoms with E-state index in [0.29, 0.717) is 0 Å². The first kappa shape index (κ1) is 14.2. The first-order valence-electron chi connectivity index (χ1n) is 4.49. The van der Waals surface area contributed by atoms with Crippen LogP contribution in [0.5, 0.6) is 0 Å². The molecule has 0 saturated heterocycles. The Morgan fingerprint density at radius 1 is 1.24 bits per heavy atom. The van der Waals surface area contributed by atoms with Crippen LogP contribution in [0.3, 0.4) is 0 Å². The summed E-state index contributed by atoms with van der Waals surface area (Å²) < 4.78 is 46.9. The minimum absolute atomic E-state index is 0.0611. The molecule has 9 heteroatoms. The predicted octanol–water partition coefficient (Wildman–Crippen LogP) is 0.521. The number of hydrogen-bond acceptors (Lipinski definition) is 5. The molecule has 0 aromatic carbocycles. The topological polar surface area (TPSA) is 93.2 Å². The number of pyridine rings is 1. The summed E-state index contributed by atoms with van der Waals surface area (Å²) in [5, 5.41) is 0.147. The van der Waals surface area contributed by atoms with Crippen LogP contribution in [0.2, 0.25) is 5.15 Å². The van der Waals surface area contributed by atoms with Crippen molar-refractivity contribution in [2.75, 3.05) is 22.5 Å². The van der Waals surface area contributed by atoms with Crippen LogP contribution >= 0.6 is 11.6 Å². The zero-order valence-corrected chi connectivity index (χ0v) is 11.3. The normalized spacial score (nSPS) is 12.4. The lowest BCUT2D eigenvalue weighted by Crippen LogP contribution is -2.22. The number of sulfone groups is 1. The van der Waals surface area contributed by atoms with Gasteiger partial charge in [-0.1, -0.05) is 17.7 Å². The Hall–Kier alpha value is -0.860. The van der Waals surface area contributed by atoms with E-state index >= 15 is 0 Å². The van der Waals surface area contributed by atoms with Crippen molar-refractivity contribution in [1.82, 2.24) is 4.98 Å². The molecule has 0 spiro atoms. The predicted molar refractivity (Wildman–Crippen MR) is 66.4 cm³/mol. The highest BCUT2D eigenvalue weighted by atomic mass is 35.5. The maximum Gasteiger partial charge on any atom is 0.234 e. The van der Waals surface area contributed by atoms with Crippen LogP contribution in [0.4, 0.5) is 5.82 Å². The van der Waals surface area contributed by atoms with Gasteiger partial charge in [0.25, 0.3) is 0 Å². The largest absolute Gasteiger partial charge is 0.267 e. The van der Waals surface area contributed by atoms with Crippen molar-refractivity contribution in [3.8, 4) is 0 Å². The molecule has 0 bridgehead atoms. The maximum absolute atomic E-state index is 11.5. The molecule has 1 N–H and O–H groups in total. The Balaban J connectivity index is 2.74. The first-order valence-corrected chi connectivity index (χ1v) is 8.58. The number of hydrogen-bond donors (Lipinski definition) is 1. The van der Waals surface area contributed by atoms with Crippen molar-refractivity contribution in [3.63, 3.8) is 0 Å². The van der Waals surface area contributed by atoms with E-state index in [-0.39, 0.29) is 11.0 Å². The molecule has 0 aliphatic carbocycles. The summed E-state index contributed by atoms with van der Waals surface area (Å²) in [6.45, 7) is 0. The van der Waals surface area contributed by atoms with Crippen LogP contribution in [0.15, 0.2) is 18.2 Å². The third-order valence-electron chi connectivity index (χ3n) is 1.70. The summed E-state index contributed by atoms with van der Waals surface area (Å²) in [7, 11) is -7.06. The number of nitrogens with zero attached hydrogens (tertiary/aromatic N) is 1. The van der Waals surface area contributed by atoms with E-state index in [4.69, 9.17) is 11.6 Å². The van der Waals surface area contributed by atoms with Crippen LogP contribution < -0.4 is 4.72 Å².